The lowest BCUT2D eigenvalue weighted by Gasteiger charge is -2.28. The highest BCUT2D eigenvalue weighted by Gasteiger charge is 2.25. The minimum Gasteiger partial charge on any atom is -0.486 e. The summed E-state index contributed by atoms with van der Waals surface area (Å²) in [6, 6.07) is 13.2. The fraction of sp³-hybridized carbons (Fsp3) is 0.276. The van der Waals surface area contributed by atoms with Gasteiger partial charge in [0.2, 0.25) is 0 Å². The predicted molar refractivity (Wildman–Crippen MR) is 144 cm³/mol. The van der Waals surface area contributed by atoms with Crippen LogP contribution in [0, 0.1) is 5.82 Å². The Morgan fingerprint density at radius 2 is 2.08 bits per heavy atom. The Hall–Kier alpha value is -3.79. The highest BCUT2D eigenvalue weighted by atomic mass is 35.5. The molecule has 200 valence electrons. The number of hydrogen-bond acceptors (Lipinski definition) is 6. The number of halogens is 2. The van der Waals surface area contributed by atoms with Crippen molar-refractivity contribution in [3.05, 3.63) is 94.3 Å². The third-order valence-electron chi connectivity index (χ3n) is 7.05. The number of benzene rings is 2. The number of fused-ring (bicyclic) bond motifs is 1. The summed E-state index contributed by atoms with van der Waals surface area (Å²) in [5, 5.41) is 9.80. The molecule has 0 spiro atoms. The van der Waals surface area contributed by atoms with Crippen LogP contribution < -0.4 is 4.74 Å². The summed E-state index contributed by atoms with van der Waals surface area (Å²) < 4.78 is 27.5. The van der Waals surface area contributed by atoms with Crippen LogP contribution in [0.3, 0.4) is 0 Å². The molecule has 0 aliphatic carbocycles. The van der Waals surface area contributed by atoms with Gasteiger partial charge < -0.3 is 19.1 Å². The number of nitrogens with zero attached hydrogens (tertiary/aromatic N) is 4. The molecule has 8 nitrogen and oxygen atoms in total. The van der Waals surface area contributed by atoms with Gasteiger partial charge >= 0.3 is 5.97 Å². The van der Waals surface area contributed by atoms with Crippen LogP contribution in [0.2, 0.25) is 5.02 Å². The van der Waals surface area contributed by atoms with E-state index in [2.05, 4.69) is 20.5 Å². The van der Waals surface area contributed by atoms with Gasteiger partial charge in [-0.25, -0.2) is 14.2 Å². The minimum absolute atomic E-state index is 0.109. The number of aromatic carboxylic acids is 1. The van der Waals surface area contributed by atoms with Crippen molar-refractivity contribution in [3.63, 3.8) is 0 Å². The maximum Gasteiger partial charge on any atom is 0.335 e. The predicted octanol–water partition coefficient (Wildman–Crippen LogP) is 5.19. The third-order valence-corrected chi connectivity index (χ3v) is 7.29. The number of pyridine rings is 1. The molecule has 2 aliphatic rings. The summed E-state index contributed by atoms with van der Waals surface area (Å²) in [6.45, 7) is 3.61. The summed E-state index contributed by atoms with van der Waals surface area (Å²) in [6.07, 6.45) is 4.96. The number of carboxylic acid groups (broad SMARTS) is 1. The summed E-state index contributed by atoms with van der Waals surface area (Å²) in [4.78, 5) is 23.2. The summed E-state index contributed by atoms with van der Waals surface area (Å²) in [7, 11) is 0. The standard InChI is InChI=1S/C29H26ClFN4O4/c30-21-2-4-27(23(31)13-21)39-17-18-5-8-32-25(11-18)20-6-9-34(14-20)16-28-33-24-3-1-19(29(36)37)12-26(24)35(28)15-22-7-10-38-22/h1-6,8,11-13,22H,7,9-10,14-17H2,(H,36,37)/t22-/m0/s1. The van der Waals surface area contributed by atoms with E-state index in [1.807, 2.05) is 12.1 Å². The Morgan fingerprint density at radius 3 is 2.85 bits per heavy atom. The first kappa shape index (κ1) is 25.5. The Bertz CT molecular complexity index is 1580. The fourth-order valence-corrected chi connectivity index (χ4v) is 5.03. The molecule has 2 aliphatic heterocycles. The lowest BCUT2D eigenvalue weighted by atomic mass is 10.1. The maximum atomic E-state index is 14.1. The van der Waals surface area contributed by atoms with Gasteiger partial charge in [0.15, 0.2) is 11.6 Å². The van der Waals surface area contributed by atoms with Gasteiger partial charge in [0, 0.05) is 30.9 Å². The largest absolute Gasteiger partial charge is 0.486 e. The highest BCUT2D eigenvalue weighted by molar-refractivity contribution is 6.30. The lowest BCUT2D eigenvalue weighted by Crippen LogP contribution is -2.32. The zero-order valence-electron chi connectivity index (χ0n) is 21.0. The van der Waals surface area contributed by atoms with Crippen LogP contribution in [0.15, 0.2) is 60.8 Å². The Kier molecular flexibility index (Phi) is 7.03. The molecule has 10 heteroatoms. The first-order chi connectivity index (χ1) is 18.9. The molecule has 1 N–H and O–H groups in total. The number of rotatable bonds is 9. The highest BCUT2D eigenvalue weighted by Crippen LogP contribution is 2.27. The van der Waals surface area contributed by atoms with Crippen molar-refractivity contribution in [1.82, 2.24) is 19.4 Å². The van der Waals surface area contributed by atoms with Crippen molar-refractivity contribution in [2.75, 3.05) is 19.7 Å². The number of carboxylic acids is 1. The number of ether oxygens (including phenoxy) is 2. The van der Waals surface area contributed by atoms with Crippen LogP contribution in [-0.4, -0.2) is 56.3 Å². The van der Waals surface area contributed by atoms with Gasteiger partial charge in [-0.1, -0.05) is 17.7 Å². The molecule has 4 heterocycles. The zero-order valence-corrected chi connectivity index (χ0v) is 21.8. The molecule has 4 aromatic rings. The van der Waals surface area contributed by atoms with Crippen LogP contribution in [-0.2, 0) is 24.4 Å². The van der Waals surface area contributed by atoms with Crippen molar-refractivity contribution < 1.29 is 23.8 Å². The van der Waals surface area contributed by atoms with E-state index in [0.717, 1.165) is 53.3 Å². The van der Waals surface area contributed by atoms with E-state index in [1.54, 1.807) is 30.5 Å². The second-order valence-electron chi connectivity index (χ2n) is 9.74. The second kappa shape index (κ2) is 10.8. The Labute approximate surface area is 229 Å². The van der Waals surface area contributed by atoms with Crippen molar-refractivity contribution in [1.29, 1.82) is 0 Å². The van der Waals surface area contributed by atoms with Gasteiger partial charge in [0.25, 0.3) is 0 Å². The van der Waals surface area contributed by atoms with Crippen LogP contribution in [0.1, 0.15) is 33.9 Å². The normalized spacial score (nSPS) is 17.3. The topological polar surface area (TPSA) is 89.7 Å². The van der Waals surface area contributed by atoms with Crippen LogP contribution in [0.4, 0.5) is 4.39 Å². The average Bonchev–Trinajstić information content (AvgIpc) is 3.50. The average molecular weight is 549 g/mol. The molecule has 2 aromatic heterocycles. The van der Waals surface area contributed by atoms with Crippen LogP contribution in [0.25, 0.3) is 16.6 Å². The molecule has 0 unspecified atom stereocenters. The molecule has 6 rings (SSSR count). The van der Waals surface area contributed by atoms with E-state index in [1.165, 1.54) is 12.1 Å². The molecule has 0 saturated carbocycles. The minimum atomic E-state index is -0.960. The summed E-state index contributed by atoms with van der Waals surface area (Å²) in [5.74, 6) is -0.439. The number of aromatic nitrogens is 3. The van der Waals surface area contributed by atoms with Gasteiger partial charge in [-0.2, -0.15) is 0 Å². The third kappa shape index (κ3) is 5.52. The van der Waals surface area contributed by atoms with Gasteiger partial charge in [-0.15, -0.1) is 0 Å². The van der Waals surface area contributed by atoms with E-state index >= 15 is 0 Å². The molecule has 1 saturated heterocycles. The van der Waals surface area contributed by atoms with E-state index in [-0.39, 0.29) is 24.0 Å². The zero-order chi connectivity index (χ0) is 26.9. The number of imidazole rings is 1. The van der Waals surface area contributed by atoms with E-state index < -0.39 is 11.8 Å². The van der Waals surface area contributed by atoms with Gasteiger partial charge in [0.05, 0.1) is 41.5 Å². The SMILES string of the molecule is O=C(O)c1ccc2nc(CN3CC=C(c4cc(COc5ccc(Cl)cc5F)ccn4)C3)n(C[C@@H]3CCO3)c2c1. The van der Waals surface area contributed by atoms with Crippen molar-refractivity contribution in [2.45, 2.75) is 32.2 Å². The molecule has 1 fully saturated rings. The van der Waals surface area contributed by atoms with Gasteiger partial charge in [-0.3, -0.25) is 9.88 Å². The number of hydrogen-bond donors (Lipinski definition) is 1. The molecule has 1 atom stereocenters. The summed E-state index contributed by atoms with van der Waals surface area (Å²) in [5.41, 5.74) is 4.63. The molecular formula is C29H26ClFN4O4. The smallest absolute Gasteiger partial charge is 0.335 e. The fourth-order valence-electron chi connectivity index (χ4n) is 4.87. The van der Waals surface area contributed by atoms with Crippen LogP contribution in [0.5, 0.6) is 5.75 Å². The molecular weight excluding hydrogens is 523 g/mol. The Morgan fingerprint density at radius 1 is 1.21 bits per heavy atom. The second-order valence-corrected chi connectivity index (χ2v) is 10.2. The van der Waals surface area contributed by atoms with Crippen molar-refractivity contribution in [3.8, 4) is 5.75 Å². The lowest BCUT2D eigenvalue weighted by molar-refractivity contribution is -0.0591. The molecule has 0 bridgehead atoms. The monoisotopic (exact) mass is 548 g/mol. The van der Waals surface area contributed by atoms with Crippen molar-refractivity contribution in [2.24, 2.45) is 0 Å². The van der Waals surface area contributed by atoms with E-state index in [0.29, 0.717) is 24.7 Å². The molecule has 39 heavy (non-hydrogen) atoms. The first-order valence-electron chi connectivity index (χ1n) is 12.7. The molecule has 0 radical (unpaired) electrons. The van der Waals surface area contributed by atoms with Gasteiger partial charge in [0.1, 0.15) is 12.4 Å². The molecule has 2 aromatic carbocycles. The Balaban J connectivity index is 1.16. The quantitative estimate of drug-likeness (QED) is 0.308. The van der Waals surface area contributed by atoms with E-state index in [4.69, 9.17) is 26.1 Å². The van der Waals surface area contributed by atoms with E-state index in [9.17, 15) is 14.3 Å². The first-order valence-corrected chi connectivity index (χ1v) is 13.1. The van der Waals surface area contributed by atoms with Crippen molar-refractivity contribution >= 4 is 34.2 Å². The van der Waals surface area contributed by atoms with Crippen LogP contribution >= 0.6 is 11.6 Å². The maximum absolute atomic E-state index is 14.1. The van der Waals surface area contributed by atoms with Gasteiger partial charge in [-0.05, 0) is 66.1 Å². The molecule has 0 amide bonds. The summed E-state index contributed by atoms with van der Waals surface area (Å²) >= 11 is 5.82. The number of carbonyl (C=O) groups is 1.